The molecule has 7 heteroatoms. The molecule has 138 valence electrons. The van der Waals surface area contributed by atoms with E-state index in [-0.39, 0.29) is 5.91 Å². The maximum absolute atomic E-state index is 12.2. The van der Waals surface area contributed by atoms with Gasteiger partial charge in [0, 0.05) is 17.4 Å². The summed E-state index contributed by atoms with van der Waals surface area (Å²) in [6.45, 7) is 1.91. The van der Waals surface area contributed by atoms with Gasteiger partial charge in [-0.1, -0.05) is 35.0 Å². The van der Waals surface area contributed by atoms with Crippen LogP contribution >= 0.6 is 11.6 Å². The van der Waals surface area contributed by atoms with Gasteiger partial charge in [-0.15, -0.1) is 0 Å². The molecule has 0 aliphatic carbocycles. The van der Waals surface area contributed by atoms with Gasteiger partial charge in [-0.2, -0.15) is 4.98 Å². The van der Waals surface area contributed by atoms with Crippen molar-refractivity contribution in [3.8, 4) is 22.8 Å². The van der Waals surface area contributed by atoms with Crippen LogP contribution in [0.2, 0.25) is 5.02 Å². The molecule has 4 aromatic rings. The minimum Gasteiger partial charge on any atom is -0.334 e. The van der Waals surface area contributed by atoms with Gasteiger partial charge in [0.2, 0.25) is 5.82 Å². The smallest absolute Gasteiger partial charge is 0.274 e. The van der Waals surface area contributed by atoms with Crippen LogP contribution in [0.1, 0.15) is 16.1 Å². The van der Waals surface area contributed by atoms with E-state index in [1.807, 2.05) is 37.3 Å². The molecule has 2 aromatic carbocycles. The molecule has 1 N–H and O–H groups in total. The first kappa shape index (κ1) is 17.9. The van der Waals surface area contributed by atoms with Crippen molar-refractivity contribution >= 4 is 23.2 Å². The number of carbonyl (C=O) groups excluding carboxylic acids is 1. The molecule has 0 radical (unpaired) electrons. The molecule has 2 aromatic heterocycles. The van der Waals surface area contributed by atoms with Gasteiger partial charge in [-0.3, -0.25) is 9.78 Å². The summed E-state index contributed by atoms with van der Waals surface area (Å²) in [5.41, 5.74) is 3.39. The van der Waals surface area contributed by atoms with Crippen molar-refractivity contribution in [2.75, 3.05) is 5.32 Å². The zero-order chi connectivity index (χ0) is 19.5. The Morgan fingerprint density at radius 3 is 2.61 bits per heavy atom. The zero-order valence-electron chi connectivity index (χ0n) is 14.9. The first-order valence-electron chi connectivity index (χ1n) is 8.54. The fourth-order valence-electron chi connectivity index (χ4n) is 2.76. The van der Waals surface area contributed by atoms with Crippen molar-refractivity contribution < 1.29 is 9.32 Å². The highest BCUT2D eigenvalue weighted by atomic mass is 35.5. The Morgan fingerprint density at radius 1 is 1.04 bits per heavy atom. The number of nitrogens with zero attached hydrogens (tertiary/aromatic N) is 3. The average Bonchev–Trinajstić information content (AvgIpc) is 3.18. The molecule has 28 heavy (non-hydrogen) atoms. The van der Waals surface area contributed by atoms with Crippen LogP contribution < -0.4 is 5.32 Å². The largest absolute Gasteiger partial charge is 0.334 e. The summed E-state index contributed by atoms with van der Waals surface area (Å²) in [4.78, 5) is 20.7. The van der Waals surface area contributed by atoms with Crippen molar-refractivity contribution in [3.63, 3.8) is 0 Å². The Balaban J connectivity index is 1.57. The third kappa shape index (κ3) is 3.63. The van der Waals surface area contributed by atoms with Gasteiger partial charge in [0.25, 0.3) is 11.8 Å². The maximum atomic E-state index is 12.2. The number of amides is 1. The molecule has 0 saturated heterocycles. The monoisotopic (exact) mass is 390 g/mol. The van der Waals surface area contributed by atoms with E-state index in [4.69, 9.17) is 16.1 Å². The van der Waals surface area contributed by atoms with Gasteiger partial charge >= 0.3 is 0 Å². The summed E-state index contributed by atoms with van der Waals surface area (Å²) in [6.07, 6.45) is 1.58. The third-order valence-corrected chi connectivity index (χ3v) is 4.48. The number of aryl methyl sites for hydroxylation is 1. The van der Waals surface area contributed by atoms with E-state index < -0.39 is 0 Å². The summed E-state index contributed by atoms with van der Waals surface area (Å²) < 4.78 is 5.37. The molecule has 0 fully saturated rings. The zero-order valence-corrected chi connectivity index (χ0v) is 15.6. The molecule has 1 amide bonds. The second-order valence-corrected chi connectivity index (χ2v) is 6.51. The standard InChI is InChI=1S/C21H15ClN4O2/c1-13-12-14(24-20(27)18-8-4-5-11-23-18)9-10-15(13)19-25-21(28-26-19)16-6-2-3-7-17(16)22/h2-12H,1H3,(H,24,27). The van der Waals surface area contributed by atoms with Gasteiger partial charge < -0.3 is 9.84 Å². The van der Waals surface area contributed by atoms with Crippen LogP contribution in [0, 0.1) is 6.92 Å². The quantitative estimate of drug-likeness (QED) is 0.529. The number of benzene rings is 2. The highest BCUT2D eigenvalue weighted by Gasteiger charge is 2.15. The number of rotatable bonds is 4. The lowest BCUT2D eigenvalue weighted by Gasteiger charge is -2.07. The van der Waals surface area contributed by atoms with E-state index in [0.29, 0.717) is 33.7 Å². The van der Waals surface area contributed by atoms with E-state index in [9.17, 15) is 4.79 Å². The third-order valence-electron chi connectivity index (χ3n) is 4.15. The summed E-state index contributed by atoms with van der Waals surface area (Å²) in [5.74, 6) is 0.538. The Labute approximate surface area is 166 Å². The van der Waals surface area contributed by atoms with Crippen LogP contribution in [0.4, 0.5) is 5.69 Å². The number of pyridine rings is 1. The predicted octanol–water partition coefficient (Wildman–Crippen LogP) is 5.01. The fourth-order valence-corrected chi connectivity index (χ4v) is 2.98. The van der Waals surface area contributed by atoms with E-state index in [1.54, 1.807) is 36.5 Å². The molecular formula is C21H15ClN4O2. The predicted molar refractivity (Wildman–Crippen MR) is 107 cm³/mol. The average molecular weight is 391 g/mol. The summed E-state index contributed by atoms with van der Waals surface area (Å²) in [5, 5.41) is 7.44. The van der Waals surface area contributed by atoms with Crippen molar-refractivity contribution in [1.29, 1.82) is 0 Å². The number of anilines is 1. The Kier molecular flexibility index (Phi) is 4.87. The minimum absolute atomic E-state index is 0.270. The molecule has 6 nitrogen and oxygen atoms in total. The van der Waals surface area contributed by atoms with Gasteiger partial charge in [0.15, 0.2) is 0 Å². The molecule has 0 saturated carbocycles. The first-order chi connectivity index (χ1) is 13.6. The van der Waals surface area contributed by atoms with Gasteiger partial charge in [0.05, 0.1) is 10.6 Å². The lowest BCUT2D eigenvalue weighted by molar-refractivity contribution is 0.102. The SMILES string of the molecule is Cc1cc(NC(=O)c2ccccn2)ccc1-c1noc(-c2ccccc2Cl)n1. The van der Waals surface area contributed by atoms with Crippen LogP contribution in [0.5, 0.6) is 0 Å². The molecule has 0 unspecified atom stereocenters. The highest BCUT2D eigenvalue weighted by molar-refractivity contribution is 6.33. The topological polar surface area (TPSA) is 80.9 Å². The number of carbonyl (C=O) groups is 1. The summed E-state index contributed by atoms with van der Waals surface area (Å²) in [6, 6.07) is 17.9. The summed E-state index contributed by atoms with van der Waals surface area (Å²) in [7, 11) is 0. The molecular weight excluding hydrogens is 376 g/mol. The Morgan fingerprint density at radius 2 is 1.86 bits per heavy atom. The van der Waals surface area contributed by atoms with Crippen molar-refractivity contribution in [2.24, 2.45) is 0 Å². The normalized spacial score (nSPS) is 10.6. The van der Waals surface area contributed by atoms with E-state index >= 15 is 0 Å². The molecule has 4 rings (SSSR count). The molecule has 0 aliphatic rings. The second kappa shape index (κ2) is 7.62. The molecule has 0 bridgehead atoms. The lowest BCUT2D eigenvalue weighted by atomic mass is 10.1. The second-order valence-electron chi connectivity index (χ2n) is 6.10. The van der Waals surface area contributed by atoms with E-state index in [1.165, 1.54) is 0 Å². The number of nitrogens with one attached hydrogen (secondary N) is 1. The van der Waals surface area contributed by atoms with Crippen molar-refractivity contribution in [1.82, 2.24) is 15.1 Å². The maximum Gasteiger partial charge on any atom is 0.274 e. The fraction of sp³-hybridized carbons (Fsp3) is 0.0476. The minimum atomic E-state index is -0.270. The van der Waals surface area contributed by atoms with Gasteiger partial charge in [-0.25, -0.2) is 0 Å². The van der Waals surface area contributed by atoms with Crippen LogP contribution in [-0.2, 0) is 0 Å². The van der Waals surface area contributed by atoms with Crippen molar-refractivity contribution in [3.05, 3.63) is 83.1 Å². The highest BCUT2D eigenvalue weighted by Crippen LogP contribution is 2.29. The lowest BCUT2D eigenvalue weighted by Crippen LogP contribution is -2.13. The first-order valence-corrected chi connectivity index (χ1v) is 8.91. The van der Waals surface area contributed by atoms with Crippen LogP contribution in [0.3, 0.4) is 0 Å². The van der Waals surface area contributed by atoms with Gasteiger partial charge in [0.1, 0.15) is 5.69 Å². The van der Waals surface area contributed by atoms with Gasteiger partial charge in [-0.05, 0) is 55.0 Å². The van der Waals surface area contributed by atoms with Crippen molar-refractivity contribution in [2.45, 2.75) is 6.92 Å². The number of halogens is 1. The van der Waals surface area contributed by atoms with E-state index in [2.05, 4.69) is 20.4 Å². The number of hydrogen-bond acceptors (Lipinski definition) is 5. The van der Waals surface area contributed by atoms with Crippen LogP contribution in [0.25, 0.3) is 22.8 Å². The Hall–Kier alpha value is -3.51. The number of hydrogen-bond donors (Lipinski definition) is 1. The summed E-state index contributed by atoms with van der Waals surface area (Å²) >= 11 is 6.19. The molecule has 0 spiro atoms. The Bertz CT molecular complexity index is 1140. The van der Waals surface area contributed by atoms with Crippen LogP contribution in [-0.4, -0.2) is 21.0 Å². The molecule has 2 heterocycles. The van der Waals surface area contributed by atoms with E-state index in [0.717, 1.165) is 11.1 Å². The van der Waals surface area contributed by atoms with Crippen LogP contribution in [0.15, 0.2) is 71.4 Å². The molecule has 0 atom stereocenters. The molecule has 0 aliphatic heterocycles. The number of aromatic nitrogens is 3.